The molecule has 0 heterocycles. The van der Waals surface area contributed by atoms with E-state index in [0.717, 1.165) is 27.3 Å². The van der Waals surface area contributed by atoms with Gasteiger partial charge in [0.25, 0.3) is 0 Å². The van der Waals surface area contributed by atoms with Crippen LogP contribution in [0.15, 0.2) is 48.5 Å². The van der Waals surface area contributed by atoms with Gasteiger partial charge in [0.05, 0.1) is 11.9 Å². The minimum absolute atomic E-state index is 0.209. The smallest absolute Gasteiger partial charge is 0.244 e. The van der Waals surface area contributed by atoms with Crippen LogP contribution < -0.4 is 9.62 Å². The maximum absolute atomic E-state index is 13.5. The van der Waals surface area contributed by atoms with Gasteiger partial charge in [0.2, 0.25) is 21.8 Å². The molecule has 1 atom stereocenters. The van der Waals surface area contributed by atoms with Crippen molar-refractivity contribution in [3.8, 4) is 0 Å². The second-order valence-corrected chi connectivity index (χ2v) is 9.84. The maximum atomic E-state index is 13.5. The molecule has 0 radical (unpaired) electrons. The molecule has 0 bridgehead atoms. The van der Waals surface area contributed by atoms with Gasteiger partial charge in [0, 0.05) is 13.1 Å². The molecule has 0 unspecified atom stereocenters. The molecule has 0 saturated heterocycles. The number of nitrogens with zero attached hydrogens (tertiary/aromatic N) is 2. The van der Waals surface area contributed by atoms with Crippen molar-refractivity contribution < 1.29 is 18.0 Å². The van der Waals surface area contributed by atoms with Crippen molar-refractivity contribution >= 4 is 27.5 Å². The van der Waals surface area contributed by atoms with Crippen molar-refractivity contribution in [2.24, 2.45) is 0 Å². The van der Waals surface area contributed by atoms with Crippen LogP contribution in [0, 0.1) is 13.8 Å². The lowest BCUT2D eigenvalue weighted by molar-refractivity contribution is -0.140. The Morgan fingerprint density at radius 3 is 2.19 bits per heavy atom. The molecule has 1 N–H and O–H groups in total. The normalized spacial score (nSPS) is 12.2. The Morgan fingerprint density at radius 1 is 1.00 bits per heavy atom. The first-order valence-electron chi connectivity index (χ1n) is 10.7. The van der Waals surface area contributed by atoms with Crippen LogP contribution in [0.4, 0.5) is 5.69 Å². The van der Waals surface area contributed by atoms with Gasteiger partial charge in [0.15, 0.2) is 0 Å². The molecule has 2 amide bonds. The molecule has 0 saturated carbocycles. The number of rotatable bonds is 10. The van der Waals surface area contributed by atoms with Crippen LogP contribution >= 0.6 is 0 Å². The monoisotopic (exact) mass is 459 g/mol. The van der Waals surface area contributed by atoms with Crippen molar-refractivity contribution in [3.05, 3.63) is 65.2 Å². The van der Waals surface area contributed by atoms with Gasteiger partial charge in [0.1, 0.15) is 12.6 Å². The molecule has 2 rings (SSSR count). The van der Waals surface area contributed by atoms with Crippen molar-refractivity contribution in [2.45, 2.75) is 46.7 Å². The van der Waals surface area contributed by atoms with Gasteiger partial charge in [-0.3, -0.25) is 13.9 Å². The number of anilines is 1. The fourth-order valence-electron chi connectivity index (χ4n) is 3.50. The highest BCUT2D eigenvalue weighted by Crippen LogP contribution is 2.21. The molecule has 0 aliphatic carbocycles. The third-order valence-corrected chi connectivity index (χ3v) is 6.32. The molecular weight excluding hydrogens is 426 g/mol. The molecule has 0 spiro atoms. The molecule has 0 aromatic heterocycles. The molecule has 0 aliphatic rings. The van der Waals surface area contributed by atoms with E-state index >= 15 is 0 Å². The highest BCUT2D eigenvalue weighted by atomic mass is 32.2. The van der Waals surface area contributed by atoms with E-state index in [2.05, 4.69) is 5.32 Å². The van der Waals surface area contributed by atoms with Crippen LogP contribution in [-0.4, -0.2) is 50.5 Å². The van der Waals surface area contributed by atoms with Crippen molar-refractivity contribution in [3.63, 3.8) is 0 Å². The first kappa shape index (κ1) is 25.4. The molecule has 0 aliphatic heterocycles. The number of aryl methyl sites for hydroxylation is 2. The van der Waals surface area contributed by atoms with E-state index in [1.54, 1.807) is 18.2 Å². The lowest BCUT2D eigenvalue weighted by Gasteiger charge is -2.32. The van der Waals surface area contributed by atoms with Gasteiger partial charge in [-0.15, -0.1) is 0 Å². The molecule has 2 aromatic carbocycles. The molecule has 2 aromatic rings. The van der Waals surface area contributed by atoms with E-state index in [-0.39, 0.29) is 19.0 Å². The summed E-state index contributed by atoms with van der Waals surface area (Å²) in [6, 6.07) is 14.0. The summed E-state index contributed by atoms with van der Waals surface area (Å²) >= 11 is 0. The molecular formula is C24H33N3O4S. The van der Waals surface area contributed by atoms with Crippen LogP contribution in [0.2, 0.25) is 0 Å². The quantitative estimate of drug-likeness (QED) is 0.592. The van der Waals surface area contributed by atoms with Crippen LogP contribution in [0.3, 0.4) is 0 Å². The zero-order valence-corrected chi connectivity index (χ0v) is 20.3. The van der Waals surface area contributed by atoms with E-state index in [1.807, 2.05) is 58.0 Å². The molecule has 7 nitrogen and oxygen atoms in total. The van der Waals surface area contributed by atoms with Crippen molar-refractivity contribution in [2.75, 3.05) is 23.7 Å². The largest absolute Gasteiger partial charge is 0.355 e. The highest BCUT2D eigenvalue weighted by Gasteiger charge is 2.31. The predicted molar refractivity (Wildman–Crippen MR) is 128 cm³/mol. The highest BCUT2D eigenvalue weighted by molar-refractivity contribution is 7.92. The van der Waals surface area contributed by atoms with Crippen LogP contribution in [0.1, 0.15) is 37.0 Å². The number of sulfonamides is 1. The SMILES string of the molecule is CCNC(=O)[C@@H](CC)N(Cc1ccc(C)cc1)C(=O)CN(c1cccc(C)c1)S(C)(=O)=O. The zero-order chi connectivity index (χ0) is 23.9. The lowest BCUT2D eigenvalue weighted by atomic mass is 10.1. The predicted octanol–water partition coefficient (Wildman–Crippen LogP) is 3.01. The zero-order valence-electron chi connectivity index (χ0n) is 19.5. The van der Waals surface area contributed by atoms with E-state index in [1.165, 1.54) is 4.90 Å². The lowest BCUT2D eigenvalue weighted by Crippen LogP contribution is -2.52. The Kier molecular flexibility index (Phi) is 8.83. The van der Waals surface area contributed by atoms with Crippen molar-refractivity contribution in [1.82, 2.24) is 10.2 Å². The van der Waals surface area contributed by atoms with Gasteiger partial charge >= 0.3 is 0 Å². The van der Waals surface area contributed by atoms with Crippen molar-refractivity contribution in [1.29, 1.82) is 0 Å². The van der Waals surface area contributed by atoms with E-state index in [0.29, 0.717) is 18.7 Å². The Labute approximate surface area is 191 Å². The van der Waals surface area contributed by atoms with E-state index < -0.39 is 22.0 Å². The number of amides is 2. The van der Waals surface area contributed by atoms with Crippen LogP contribution in [0.5, 0.6) is 0 Å². The minimum Gasteiger partial charge on any atom is -0.355 e. The fourth-order valence-corrected chi connectivity index (χ4v) is 4.34. The summed E-state index contributed by atoms with van der Waals surface area (Å²) in [6.07, 6.45) is 1.49. The second kappa shape index (κ2) is 11.1. The Balaban J connectivity index is 2.42. The average molecular weight is 460 g/mol. The van der Waals surface area contributed by atoms with Gasteiger partial charge < -0.3 is 10.2 Å². The number of carbonyl (C=O) groups excluding carboxylic acids is 2. The Hall–Kier alpha value is -2.87. The molecule has 174 valence electrons. The third-order valence-electron chi connectivity index (χ3n) is 5.18. The molecule has 0 fully saturated rings. The van der Waals surface area contributed by atoms with Crippen LogP contribution in [0.25, 0.3) is 0 Å². The summed E-state index contributed by atoms with van der Waals surface area (Å²) in [5.74, 6) is -0.687. The van der Waals surface area contributed by atoms with Gasteiger partial charge in [-0.25, -0.2) is 8.42 Å². The molecule has 32 heavy (non-hydrogen) atoms. The molecule has 8 heteroatoms. The minimum atomic E-state index is -3.72. The third kappa shape index (κ3) is 6.82. The van der Waals surface area contributed by atoms with Gasteiger partial charge in [-0.1, -0.05) is 48.9 Å². The Bertz CT molecular complexity index is 1040. The fraction of sp³-hybridized carbons (Fsp3) is 0.417. The summed E-state index contributed by atoms with van der Waals surface area (Å²) in [5, 5.41) is 2.78. The number of hydrogen-bond donors (Lipinski definition) is 1. The number of hydrogen-bond acceptors (Lipinski definition) is 4. The summed E-state index contributed by atoms with van der Waals surface area (Å²) < 4.78 is 26.2. The average Bonchev–Trinajstić information content (AvgIpc) is 2.72. The van der Waals surface area contributed by atoms with E-state index in [9.17, 15) is 18.0 Å². The first-order valence-corrected chi connectivity index (χ1v) is 12.6. The topological polar surface area (TPSA) is 86.8 Å². The maximum Gasteiger partial charge on any atom is 0.244 e. The number of nitrogens with one attached hydrogen (secondary N) is 1. The van der Waals surface area contributed by atoms with Gasteiger partial charge in [-0.05, 0) is 50.5 Å². The summed E-state index contributed by atoms with van der Waals surface area (Å²) in [6.45, 7) is 7.76. The number of benzene rings is 2. The standard InChI is InChI=1S/C24H33N3O4S/c1-6-22(24(29)25-7-2)26(16-20-13-11-18(3)12-14-20)23(28)17-27(32(5,30)31)21-10-8-9-19(4)15-21/h8-15,22H,6-7,16-17H2,1-5H3,(H,25,29)/t22-/m1/s1. The Morgan fingerprint density at radius 2 is 1.66 bits per heavy atom. The summed E-state index contributed by atoms with van der Waals surface area (Å²) in [4.78, 5) is 27.7. The first-order chi connectivity index (χ1) is 15.1. The summed E-state index contributed by atoms with van der Waals surface area (Å²) in [5.41, 5.74) is 3.26. The van der Waals surface area contributed by atoms with E-state index in [4.69, 9.17) is 0 Å². The second-order valence-electron chi connectivity index (χ2n) is 7.93. The van der Waals surface area contributed by atoms with Crippen LogP contribution in [-0.2, 0) is 26.2 Å². The van der Waals surface area contributed by atoms with Gasteiger partial charge in [-0.2, -0.15) is 0 Å². The number of likely N-dealkylation sites (N-methyl/N-ethyl adjacent to an activating group) is 1. The summed E-state index contributed by atoms with van der Waals surface area (Å²) in [7, 11) is -3.72. The number of carbonyl (C=O) groups is 2.